The van der Waals surface area contributed by atoms with Crippen LogP contribution in [0.1, 0.15) is 27.9 Å². The Hall–Kier alpha value is -2.57. The molecule has 28 heavy (non-hydrogen) atoms. The number of carbonyl (C=O) groups excluding carboxylic acids is 2. The maximum absolute atomic E-state index is 12.0. The van der Waals surface area contributed by atoms with Crippen LogP contribution in [-0.2, 0) is 9.53 Å². The number of Topliss-reactive ketones (excluding diaryl/α,β-unsaturated/α-hetero) is 1. The minimum Gasteiger partial charge on any atom is -0.480 e. The quantitative estimate of drug-likeness (QED) is 0.678. The summed E-state index contributed by atoms with van der Waals surface area (Å²) in [7, 11) is 1.11. The predicted octanol–water partition coefficient (Wildman–Crippen LogP) is 4.68. The fourth-order valence-corrected chi connectivity index (χ4v) is 2.34. The first-order valence-corrected chi connectivity index (χ1v) is 8.99. The molecule has 0 aliphatic carbocycles. The van der Waals surface area contributed by atoms with Gasteiger partial charge < -0.3 is 15.2 Å². The van der Waals surface area contributed by atoms with Crippen molar-refractivity contribution in [2.24, 2.45) is 0 Å². The second-order valence-electron chi connectivity index (χ2n) is 5.87. The zero-order chi connectivity index (χ0) is 21.3. The minimum absolute atomic E-state index is 0.290. The first kappa shape index (κ1) is 23.5. The number of benzene rings is 2. The van der Waals surface area contributed by atoms with Gasteiger partial charge in [0.15, 0.2) is 5.78 Å². The highest BCUT2D eigenvalue weighted by Crippen LogP contribution is 2.18. The average molecular weight is 426 g/mol. The lowest BCUT2D eigenvalue weighted by molar-refractivity contribution is -0.139. The van der Waals surface area contributed by atoms with E-state index in [1.807, 2.05) is 31.2 Å². The minimum atomic E-state index is -1.35. The monoisotopic (exact) mass is 425 g/mol. The lowest BCUT2D eigenvalue weighted by Gasteiger charge is -2.13. The summed E-state index contributed by atoms with van der Waals surface area (Å²) in [6.07, 6.45) is -1.30. The van der Waals surface area contributed by atoms with Gasteiger partial charge in [-0.25, -0.2) is 9.59 Å². The van der Waals surface area contributed by atoms with Crippen LogP contribution in [-0.4, -0.2) is 36.1 Å². The van der Waals surface area contributed by atoms with E-state index in [9.17, 15) is 14.4 Å². The van der Waals surface area contributed by atoms with Crippen molar-refractivity contribution in [1.29, 1.82) is 0 Å². The smallest absolute Gasteiger partial charge is 0.407 e. The molecule has 150 valence electrons. The maximum atomic E-state index is 12.0. The number of alkyl carbamates (subject to hydrolysis) is 1. The van der Waals surface area contributed by atoms with Gasteiger partial charge in [-0.1, -0.05) is 53.5 Å². The summed E-state index contributed by atoms with van der Waals surface area (Å²) < 4.78 is 4.31. The average Bonchev–Trinajstić information content (AvgIpc) is 2.66. The largest absolute Gasteiger partial charge is 0.480 e. The van der Waals surface area contributed by atoms with Crippen LogP contribution in [0.3, 0.4) is 0 Å². The van der Waals surface area contributed by atoms with Crippen LogP contribution in [0.25, 0.3) is 0 Å². The second kappa shape index (κ2) is 11.3. The van der Waals surface area contributed by atoms with Crippen LogP contribution >= 0.6 is 23.2 Å². The number of aryl methyl sites for hydroxylation is 2. The topological polar surface area (TPSA) is 92.7 Å². The van der Waals surface area contributed by atoms with Crippen molar-refractivity contribution in [3.05, 3.63) is 69.2 Å². The molecule has 0 unspecified atom stereocenters. The van der Waals surface area contributed by atoms with Gasteiger partial charge in [0.25, 0.3) is 0 Å². The van der Waals surface area contributed by atoms with E-state index in [0.717, 1.165) is 23.3 Å². The van der Waals surface area contributed by atoms with Gasteiger partial charge in [0, 0.05) is 22.0 Å². The molecule has 0 aromatic heterocycles. The summed E-state index contributed by atoms with van der Waals surface area (Å²) in [5, 5.41) is 12.3. The maximum Gasteiger partial charge on any atom is 0.407 e. The van der Waals surface area contributed by atoms with Crippen LogP contribution in [0.5, 0.6) is 0 Å². The van der Waals surface area contributed by atoms with Gasteiger partial charge >= 0.3 is 12.1 Å². The summed E-state index contributed by atoms with van der Waals surface area (Å²) in [5.74, 6) is -1.75. The van der Waals surface area contributed by atoms with E-state index >= 15 is 0 Å². The van der Waals surface area contributed by atoms with Crippen molar-refractivity contribution in [3.8, 4) is 0 Å². The number of nitrogens with one attached hydrogen (secondary N) is 1. The van der Waals surface area contributed by atoms with Crippen molar-refractivity contribution in [2.45, 2.75) is 26.3 Å². The standard InChI is InChI=1S/C13H14ClNO5.C7H7Cl/c1-7-3-4-8(5-9(7)14)11(16)6-10(12(17)18)15-13(19)20-2;1-6-4-2-3-5-7(6)8/h3-5,10H,6H2,1-2H3,(H,15,19)(H,17,18);2-5H,1H3/t10-;/m1./s1. The Balaban J connectivity index is 0.000000406. The number of ether oxygens (including phenoxy) is 1. The van der Waals surface area contributed by atoms with Crippen molar-refractivity contribution >= 4 is 41.0 Å². The summed E-state index contributed by atoms with van der Waals surface area (Å²) >= 11 is 11.6. The first-order valence-electron chi connectivity index (χ1n) is 8.23. The van der Waals surface area contributed by atoms with E-state index in [4.69, 9.17) is 28.3 Å². The Morgan fingerprint density at radius 1 is 1.04 bits per heavy atom. The molecule has 1 amide bonds. The van der Waals surface area contributed by atoms with Crippen LogP contribution < -0.4 is 5.32 Å². The molecule has 8 heteroatoms. The normalized spacial score (nSPS) is 10.9. The Labute approximate surface area is 173 Å². The molecule has 2 rings (SSSR count). The second-order valence-corrected chi connectivity index (χ2v) is 6.68. The molecule has 0 aliphatic heterocycles. The number of halogens is 2. The van der Waals surface area contributed by atoms with E-state index < -0.39 is 23.9 Å². The third-order valence-electron chi connectivity index (χ3n) is 3.74. The molecule has 0 fully saturated rings. The lowest BCUT2D eigenvalue weighted by atomic mass is 10.0. The van der Waals surface area contributed by atoms with E-state index in [-0.39, 0.29) is 6.42 Å². The highest BCUT2D eigenvalue weighted by atomic mass is 35.5. The third-order valence-corrected chi connectivity index (χ3v) is 4.57. The Morgan fingerprint density at radius 3 is 2.11 bits per heavy atom. The number of carboxylic acids is 1. The molecule has 0 saturated heterocycles. The number of ketones is 1. The Bertz CT molecular complexity index is 833. The van der Waals surface area contributed by atoms with Gasteiger partial charge in [-0.05, 0) is 37.1 Å². The number of carbonyl (C=O) groups is 3. The van der Waals surface area contributed by atoms with Crippen molar-refractivity contribution in [3.63, 3.8) is 0 Å². The highest BCUT2D eigenvalue weighted by molar-refractivity contribution is 6.31. The molecule has 6 nitrogen and oxygen atoms in total. The zero-order valence-corrected chi connectivity index (χ0v) is 17.2. The molecule has 0 bridgehead atoms. The van der Waals surface area contributed by atoms with Gasteiger partial charge in [0.2, 0.25) is 0 Å². The number of aliphatic carboxylic acids is 1. The van der Waals surface area contributed by atoms with Crippen molar-refractivity contribution < 1.29 is 24.2 Å². The fourth-order valence-electron chi connectivity index (χ4n) is 2.02. The van der Waals surface area contributed by atoms with Crippen molar-refractivity contribution in [1.82, 2.24) is 5.32 Å². The summed E-state index contributed by atoms with van der Waals surface area (Å²) in [5.41, 5.74) is 2.23. The number of rotatable bonds is 5. The van der Waals surface area contributed by atoms with Gasteiger partial charge in [-0.3, -0.25) is 4.79 Å². The number of hydrogen-bond acceptors (Lipinski definition) is 4. The lowest BCUT2D eigenvalue weighted by Crippen LogP contribution is -2.42. The molecule has 0 radical (unpaired) electrons. The van der Waals surface area contributed by atoms with Gasteiger partial charge in [-0.15, -0.1) is 0 Å². The summed E-state index contributed by atoms with van der Waals surface area (Å²) in [4.78, 5) is 34.0. The highest BCUT2D eigenvalue weighted by Gasteiger charge is 2.24. The number of hydrogen-bond donors (Lipinski definition) is 2. The molecule has 2 aromatic rings. The fraction of sp³-hybridized carbons (Fsp3) is 0.250. The number of amides is 1. The Kier molecular flexibility index (Phi) is 9.48. The predicted molar refractivity (Wildman–Crippen MR) is 108 cm³/mol. The molecule has 0 saturated carbocycles. The third kappa shape index (κ3) is 7.58. The summed E-state index contributed by atoms with van der Waals surface area (Å²) in [6.45, 7) is 3.78. The molecule has 0 heterocycles. The molecule has 1 atom stereocenters. The van der Waals surface area contributed by atoms with E-state index in [0.29, 0.717) is 10.6 Å². The van der Waals surface area contributed by atoms with E-state index in [2.05, 4.69) is 10.1 Å². The van der Waals surface area contributed by atoms with Crippen LogP contribution in [0.4, 0.5) is 4.79 Å². The van der Waals surface area contributed by atoms with Crippen LogP contribution in [0.15, 0.2) is 42.5 Å². The molecular weight excluding hydrogens is 405 g/mol. The molecular formula is C20H21Cl2NO5. The van der Waals surface area contributed by atoms with E-state index in [1.165, 1.54) is 6.07 Å². The summed E-state index contributed by atoms with van der Waals surface area (Å²) in [6, 6.07) is 11.1. The van der Waals surface area contributed by atoms with Gasteiger partial charge in [0.1, 0.15) is 6.04 Å². The van der Waals surface area contributed by atoms with Crippen LogP contribution in [0, 0.1) is 13.8 Å². The molecule has 0 aliphatic rings. The zero-order valence-electron chi connectivity index (χ0n) is 15.7. The van der Waals surface area contributed by atoms with Crippen molar-refractivity contribution in [2.75, 3.05) is 7.11 Å². The first-order chi connectivity index (χ1) is 13.1. The van der Waals surface area contributed by atoms with Gasteiger partial charge in [-0.2, -0.15) is 0 Å². The molecule has 2 aromatic carbocycles. The molecule has 0 spiro atoms. The van der Waals surface area contributed by atoms with E-state index in [1.54, 1.807) is 19.1 Å². The van der Waals surface area contributed by atoms with Gasteiger partial charge in [0.05, 0.1) is 7.11 Å². The number of methoxy groups -OCH3 is 1. The Morgan fingerprint density at radius 2 is 1.64 bits per heavy atom. The SMILES string of the molecule is COC(=O)N[C@H](CC(=O)c1ccc(C)c(Cl)c1)C(=O)O.Cc1ccccc1Cl. The van der Waals surface area contributed by atoms with Crippen LogP contribution in [0.2, 0.25) is 10.0 Å². The number of carboxylic acid groups (broad SMARTS) is 1. The molecule has 2 N–H and O–H groups in total.